The highest BCUT2D eigenvalue weighted by Gasteiger charge is 2.11. The van der Waals surface area contributed by atoms with Gasteiger partial charge in [-0.3, -0.25) is 0 Å². The molecule has 1 aromatic rings. The third-order valence-corrected chi connectivity index (χ3v) is 4.54. The highest BCUT2D eigenvalue weighted by atomic mass is 32.1. The van der Waals surface area contributed by atoms with Crippen LogP contribution in [0.2, 0.25) is 0 Å². The van der Waals surface area contributed by atoms with Crippen molar-refractivity contribution in [2.24, 2.45) is 0 Å². The van der Waals surface area contributed by atoms with Crippen molar-refractivity contribution < 1.29 is 4.74 Å². The van der Waals surface area contributed by atoms with Gasteiger partial charge in [0.1, 0.15) is 0 Å². The minimum atomic E-state index is 0.693. The van der Waals surface area contributed by atoms with Gasteiger partial charge in [0, 0.05) is 22.4 Å². The zero-order chi connectivity index (χ0) is 11.9. The second kappa shape index (κ2) is 7.14. The number of piperidine rings is 1. The first-order valence-corrected chi connectivity index (χ1v) is 7.59. The molecular formula is C14H23NOS. The third-order valence-electron chi connectivity index (χ3n) is 3.33. The largest absolute Gasteiger partial charge is 0.376 e. The molecule has 1 saturated heterocycles. The highest BCUT2D eigenvalue weighted by Crippen LogP contribution is 2.18. The zero-order valence-electron chi connectivity index (χ0n) is 10.7. The summed E-state index contributed by atoms with van der Waals surface area (Å²) in [5, 5.41) is 3.55. The normalized spacial score (nSPS) is 20.6. The molecule has 1 aliphatic heterocycles. The summed E-state index contributed by atoms with van der Waals surface area (Å²) in [5.41, 5.74) is 0. The van der Waals surface area contributed by atoms with Crippen LogP contribution in [0.25, 0.3) is 0 Å². The van der Waals surface area contributed by atoms with Crippen LogP contribution < -0.4 is 5.32 Å². The van der Waals surface area contributed by atoms with Gasteiger partial charge in [0.05, 0.1) is 6.61 Å². The lowest BCUT2D eigenvalue weighted by Crippen LogP contribution is -2.34. The van der Waals surface area contributed by atoms with E-state index in [1.54, 1.807) is 0 Å². The Morgan fingerprint density at radius 3 is 2.94 bits per heavy atom. The van der Waals surface area contributed by atoms with E-state index in [1.165, 1.54) is 35.6 Å². The molecule has 0 radical (unpaired) electrons. The topological polar surface area (TPSA) is 21.3 Å². The predicted molar refractivity (Wildman–Crippen MR) is 73.6 cm³/mol. The van der Waals surface area contributed by atoms with Crippen molar-refractivity contribution in [1.29, 1.82) is 0 Å². The molecule has 96 valence electrons. The monoisotopic (exact) mass is 253 g/mol. The van der Waals surface area contributed by atoms with Crippen LogP contribution >= 0.6 is 11.3 Å². The maximum absolute atomic E-state index is 5.75. The van der Waals surface area contributed by atoms with E-state index in [1.807, 2.05) is 11.3 Å². The van der Waals surface area contributed by atoms with E-state index >= 15 is 0 Å². The van der Waals surface area contributed by atoms with Crippen LogP contribution in [-0.4, -0.2) is 19.2 Å². The third kappa shape index (κ3) is 4.41. The van der Waals surface area contributed by atoms with E-state index < -0.39 is 0 Å². The summed E-state index contributed by atoms with van der Waals surface area (Å²) in [6.45, 7) is 5.06. The number of hydrogen-bond acceptors (Lipinski definition) is 3. The van der Waals surface area contributed by atoms with Crippen molar-refractivity contribution in [2.75, 3.05) is 13.2 Å². The van der Waals surface area contributed by atoms with Gasteiger partial charge in [-0.05, 0) is 44.4 Å². The first-order valence-electron chi connectivity index (χ1n) is 6.77. The molecular weight excluding hydrogens is 230 g/mol. The van der Waals surface area contributed by atoms with Gasteiger partial charge in [0.25, 0.3) is 0 Å². The maximum Gasteiger partial charge on any atom is 0.0809 e. The Bertz CT molecular complexity index is 318. The fourth-order valence-corrected chi connectivity index (χ4v) is 3.15. The van der Waals surface area contributed by atoms with Crippen molar-refractivity contribution >= 4 is 11.3 Å². The number of aryl methyl sites for hydroxylation is 1. The van der Waals surface area contributed by atoms with Crippen LogP contribution in [0.4, 0.5) is 0 Å². The Morgan fingerprint density at radius 1 is 1.35 bits per heavy atom. The fourth-order valence-electron chi connectivity index (χ4n) is 2.26. The average molecular weight is 253 g/mol. The summed E-state index contributed by atoms with van der Waals surface area (Å²) in [4.78, 5) is 2.82. The number of rotatable bonds is 6. The quantitative estimate of drug-likeness (QED) is 0.785. The van der Waals surface area contributed by atoms with Crippen LogP contribution in [-0.2, 0) is 17.8 Å². The van der Waals surface area contributed by atoms with Crippen LogP contribution in [0.1, 0.15) is 42.4 Å². The maximum atomic E-state index is 5.75. The number of nitrogens with one attached hydrogen (secondary N) is 1. The molecule has 1 atom stereocenters. The minimum Gasteiger partial charge on any atom is -0.376 e. The van der Waals surface area contributed by atoms with E-state index in [4.69, 9.17) is 4.74 Å². The lowest BCUT2D eigenvalue weighted by Gasteiger charge is -2.23. The number of ether oxygens (including phenoxy) is 1. The molecule has 2 nitrogen and oxygen atoms in total. The lowest BCUT2D eigenvalue weighted by molar-refractivity contribution is 0.110. The molecule has 0 bridgehead atoms. The molecule has 3 heteroatoms. The Morgan fingerprint density at radius 2 is 2.24 bits per heavy atom. The number of hydrogen-bond donors (Lipinski definition) is 1. The SMILES string of the molecule is CCc1ccc(COCCC2CCCCN2)s1. The van der Waals surface area contributed by atoms with E-state index in [0.29, 0.717) is 6.04 Å². The predicted octanol–water partition coefficient (Wildman–Crippen LogP) is 3.36. The van der Waals surface area contributed by atoms with Gasteiger partial charge in [0.15, 0.2) is 0 Å². The van der Waals surface area contributed by atoms with Crippen molar-refractivity contribution in [3.63, 3.8) is 0 Å². The lowest BCUT2D eigenvalue weighted by atomic mass is 10.0. The molecule has 0 aliphatic carbocycles. The Balaban J connectivity index is 1.59. The molecule has 1 fully saturated rings. The highest BCUT2D eigenvalue weighted by molar-refractivity contribution is 7.11. The minimum absolute atomic E-state index is 0.693. The van der Waals surface area contributed by atoms with Crippen molar-refractivity contribution in [3.8, 4) is 0 Å². The van der Waals surface area contributed by atoms with Crippen molar-refractivity contribution in [2.45, 2.75) is 51.7 Å². The smallest absolute Gasteiger partial charge is 0.0809 e. The Kier molecular flexibility index (Phi) is 5.49. The van der Waals surface area contributed by atoms with E-state index in [9.17, 15) is 0 Å². The van der Waals surface area contributed by atoms with E-state index in [-0.39, 0.29) is 0 Å². The molecule has 1 unspecified atom stereocenters. The summed E-state index contributed by atoms with van der Waals surface area (Å²) in [5.74, 6) is 0. The summed E-state index contributed by atoms with van der Waals surface area (Å²) in [6, 6.07) is 5.10. The van der Waals surface area contributed by atoms with Crippen LogP contribution in [0.3, 0.4) is 0 Å². The molecule has 17 heavy (non-hydrogen) atoms. The van der Waals surface area contributed by atoms with Gasteiger partial charge in [-0.25, -0.2) is 0 Å². The van der Waals surface area contributed by atoms with Crippen LogP contribution in [0, 0.1) is 0 Å². The molecule has 1 N–H and O–H groups in total. The molecule has 1 aromatic heterocycles. The van der Waals surface area contributed by atoms with Gasteiger partial charge < -0.3 is 10.1 Å². The van der Waals surface area contributed by atoms with Gasteiger partial charge in [-0.2, -0.15) is 0 Å². The van der Waals surface area contributed by atoms with Crippen molar-refractivity contribution in [3.05, 3.63) is 21.9 Å². The van der Waals surface area contributed by atoms with E-state index in [0.717, 1.165) is 26.1 Å². The molecule has 0 aromatic carbocycles. The zero-order valence-corrected chi connectivity index (χ0v) is 11.5. The Labute approximate surface area is 108 Å². The Hall–Kier alpha value is -0.380. The summed E-state index contributed by atoms with van der Waals surface area (Å²) >= 11 is 1.88. The summed E-state index contributed by atoms with van der Waals surface area (Å²) in [6.07, 6.45) is 6.33. The molecule has 0 spiro atoms. The molecule has 0 saturated carbocycles. The standard InChI is InChI=1S/C14H23NOS/c1-2-13-6-7-14(17-13)11-16-10-8-12-5-3-4-9-15-12/h6-7,12,15H,2-5,8-11H2,1H3. The van der Waals surface area contributed by atoms with Crippen LogP contribution in [0.15, 0.2) is 12.1 Å². The van der Waals surface area contributed by atoms with Crippen molar-refractivity contribution in [1.82, 2.24) is 5.32 Å². The van der Waals surface area contributed by atoms with Gasteiger partial charge in [-0.1, -0.05) is 13.3 Å². The van der Waals surface area contributed by atoms with Crippen LogP contribution in [0.5, 0.6) is 0 Å². The van der Waals surface area contributed by atoms with E-state index in [2.05, 4.69) is 24.4 Å². The number of thiophene rings is 1. The second-order valence-electron chi connectivity index (χ2n) is 4.71. The first-order chi connectivity index (χ1) is 8.38. The fraction of sp³-hybridized carbons (Fsp3) is 0.714. The van der Waals surface area contributed by atoms with Gasteiger partial charge in [-0.15, -0.1) is 11.3 Å². The molecule has 0 amide bonds. The first kappa shape index (κ1) is 13.1. The average Bonchev–Trinajstić information content (AvgIpc) is 2.84. The second-order valence-corrected chi connectivity index (χ2v) is 5.96. The summed E-state index contributed by atoms with van der Waals surface area (Å²) in [7, 11) is 0. The van der Waals surface area contributed by atoms with Gasteiger partial charge >= 0.3 is 0 Å². The molecule has 1 aliphatic rings. The van der Waals surface area contributed by atoms with Gasteiger partial charge in [0.2, 0.25) is 0 Å². The molecule has 2 heterocycles. The summed E-state index contributed by atoms with van der Waals surface area (Å²) < 4.78 is 5.75. The molecule has 2 rings (SSSR count).